The fourth-order valence-electron chi connectivity index (χ4n) is 4.35. The zero-order chi connectivity index (χ0) is 36.6. The summed E-state index contributed by atoms with van der Waals surface area (Å²) in [6.07, 6.45) is 3.16. The molecule has 0 radical (unpaired) electrons. The highest BCUT2D eigenvalue weighted by molar-refractivity contribution is 5.92. The first-order chi connectivity index (χ1) is 24.7. The molecular weight excluding hydrogens is 660 g/mol. The Bertz CT molecular complexity index is 1750. The van der Waals surface area contributed by atoms with Crippen LogP contribution in [-0.4, -0.2) is 64.6 Å². The Morgan fingerprint density at radius 3 is 1.27 bits per heavy atom. The predicted molar refractivity (Wildman–Crippen MR) is 187 cm³/mol. The summed E-state index contributed by atoms with van der Waals surface area (Å²) < 4.78 is 31.8. The first-order valence-corrected chi connectivity index (χ1v) is 15.4. The molecule has 14 heteroatoms. The minimum Gasteiger partial charge on any atom is -0.497 e. The second-order valence-corrected chi connectivity index (χ2v) is 10.5. The van der Waals surface area contributed by atoms with E-state index in [0.29, 0.717) is 45.3 Å². The quantitative estimate of drug-likeness (QED) is 0.0708. The van der Waals surface area contributed by atoms with Gasteiger partial charge in [0.05, 0.1) is 52.0 Å². The summed E-state index contributed by atoms with van der Waals surface area (Å²) in [6, 6.07) is 22.6. The van der Waals surface area contributed by atoms with Gasteiger partial charge in [0.15, 0.2) is 23.0 Å². The molecular formula is C37H36N4O10. The maximum atomic E-state index is 12.5. The fourth-order valence-corrected chi connectivity index (χ4v) is 4.35. The van der Waals surface area contributed by atoms with Crippen LogP contribution in [0.3, 0.4) is 0 Å². The van der Waals surface area contributed by atoms with Gasteiger partial charge in [-0.05, 0) is 102 Å². The smallest absolute Gasteiger partial charge is 0.343 e. The number of methoxy groups -OCH3 is 4. The Morgan fingerprint density at radius 1 is 0.529 bits per heavy atom. The second kappa shape index (κ2) is 18.7. The molecule has 4 aromatic carbocycles. The summed E-state index contributed by atoms with van der Waals surface area (Å²) in [7, 11) is 5.94. The Hall–Kier alpha value is -6.70. The number of ether oxygens (including phenoxy) is 6. The van der Waals surface area contributed by atoms with Crippen LogP contribution in [0.1, 0.15) is 51.1 Å². The number of hydrogen-bond donors (Lipinski definition) is 2. The normalized spacial score (nSPS) is 10.7. The van der Waals surface area contributed by atoms with Gasteiger partial charge in [0, 0.05) is 12.8 Å². The van der Waals surface area contributed by atoms with Gasteiger partial charge in [-0.15, -0.1) is 0 Å². The number of amides is 2. The molecule has 264 valence electrons. The van der Waals surface area contributed by atoms with E-state index in [4.69, 9.17) is 28.4 Å². The van der Waals surface area contributed by atoms with E-state index in [2.05, 4.69) is 21.1 Å². The molecule has 0 aliphatic carbocycles. The Kier molecular flexibility index (Phi) is 13.6. The molecule has 51 heavy (non-hydrogen) atoms. The lowest BCUT2D eigenvalue weighted by Gasteiger charge is -2.10. The zero-order valence-electron chi connectivity index (χ0n) is 28.3. The average molecular weight is 697 g/mol. The number of carbonyl (C=O) groups is 4. The highest BCUT2D eigenvalue weighted by Gasteiger charge is 2.15. The van der Waals surface area contributed by atoms with E-state index in [-0.39, 0.29) is 42.6 Å². The molecule has 14 nitrogen and oxygen atoms in total. The molecule has 2 N–H and O–H groups in total. The minimum absolute atomic E-state index is 0.0476. The number of hydrogen-bond acceptors (Lipinski definition) is 12. The first kappa shape index (κ1) is 37.1. The van der Waals surface area contributed by atoms with Crippen LogP contribution in [0.2, 0.25) is 0 Å². The monoisotopic (exact) mass is 696 g/mol. The maximum Gasteiger partial charge on any atom is 0.343 e. The van der Waals surface area contributed by atoms with Crippen molar-refractivity contribution in [2.75, 3.05) is 28.4 Å². The number of rotatable bonds is 16. The summed E-state index contributed by atoms with van der Waals surface area (Å²) in [4.78, 5) is 49.5. The lowest BCUT2D eigenvalue weighted by molar-refractivity contribution is -0.122. The maximum absolute atomic E-state index is 12.5. The van der Waals surface area contributed by atoms with Crippen LogP contribution >= 0.6 is 0 Å². The largest absolute Gasteiger partial charge is 0.497 e. The van der Waals surface area contributed by atoms with Crippen molar-refractivity contribution < 1.29 is 47.6 Å². The first-order valence-electron chi connectivity index (χ1n) is 15.4. The molecule has 0 heterocycles. The molecule has 0 unspecified atom stereocenters. The number of esters is 2. The molecule has 0 aromatic heterocycles. The van der Waals surface area contributed by atoms with E-state index in [0.717, 1.165) is 0 Å². The van der Waals surface area contributed by atoms with Crippen LogP contribution in [0, 0.1) is 0 Å². The highest BCUT2D eigenvalue weighted by Crippen LogP contribution is 2.30. The van der Waals surface area contributed by atoms with Gasteiger partial charge < -0.3 is 28.4 Å². The van der Waals surface area contributed by atoms with Gasteiger partial charge in [0.1, 0.15) is 11.5 Å². The third-order valence-corrected chi connectivity index (χ3v) is 7.05. The van der Waals surface area contributed by atoms with Gasteiger partial charge in [0.2, 0.25) is 11.8 Å². The van der Waals surface area contributed by atoms with E-state index in [9.17, 15) is 19.2 Å². The third-order valence-electron chi connectivity index (χ3n) is 7.05. The molecule has 0 saturated heterocycles. The fraction of sp³-hybridized carbons (Fsp3) is 0.189. The zero-order valence-corrected chi connectivity index (χ0v) is 28.3. The SMILES string of the molecule is COc1ccc(C(=O)Oc2ccc(/C=N\NC(=O)CCCC(=O)N/N=C\c3ccc(OC(=O)c4ccc(OC)cc4)c(OC)c3)cc2OC)cc1. The van der Waals surface area contributed by atoms with Gasteiger partial charge >= 0.3 is 11.9 Å². The molecule has 0 bridgehead atoms. The Labute approximate surface area is 294 Å². The average Bonchev–Trinajstić information content (AvgIpc) is 3.15. The Balaban J connectivity index is 1.18. The number of benzene rings is 4. The van der Waals surface area contributed by atoms with Crippen molar-refractivity contribution in [3.8, 4) is 34.5 Å². The van der Waals surface area contributed by atoms with E-state index in [1.165, 1.54) is 40.9 Å². The molecule has 0 atom stereocenters. The minimum atomic E-state index is -0.566. The van der Waals surface area contributed by atoms with Crippen molar-refractivity contribution in [2.24, 2.45) is 10.2 Å². The molecule has 4 aromatic rings. The summed E-state index contributed by atoms with van der Waals surface area (Å²) in [5, 5.41) is 7.89. The number of carbonyl (C=O) groups excluding carboxylic acids is 4. The van der Waals surface area contributed by atoms with Crippen LogP contribution in [0.5, 0.6) is 34.5 Å². The topological polar surface area (TPSA) is 172 Å². The molecule has 0 aliphatic rings. The van der Waals surface area contributed by atoms with Crippen molar-refractivity contribution >= 4 is 36.2 Å². The number of nitrogens with one attached hydrogen (secondary N) is 2. The summed E-state index contributed by atoms with van der Waals surface area (Å²) in [6.45, 7) is 0. The number of hydrazone groups is 2. The van der Waals surface area contributed by atoms with Crippen molar-refractivity contribution in [3.05, 3.63) is 107 Å². The molecule has 4 rings (SSSR count). The van der Waals surface area contributed by atoms with E-state index in [1.54, 1.807) is 84.9 Å². The van der Waals surface area contributed by atoms with E-state index < -0.39 is 11.9 Å². The van der Waals surface area contributed by atoms with E-state index in [1.807, 2.05) is 0 Å². The lowest BCUT2D eigenvalue weighted by Crippen LogP contribution is -2.20. The molecule has 0 aliphatic heterocycles. The van der Waals surface area contributed by atoms with Gasteiger partial charge in [-0.2, -0.15) is 10.2 Å². The van der Waals surface area contributed by atoms with Crippen LogP contribution < -0.4 is 39.3 Å². The summed E-state index contributed by atoms with van der Waals surface area (Å²) >= 11 is 0. The van der Waals surface area contributed by atoms with Crippen molar-refractivity contribution in [1.29, 1.82) is 0 Å². The van der Waals surface area contributed by atoms with E-state index >= 15 is 0 Å². The lowest BCUT2D eigenvalue weighted by atomic mass is 10.2. The van der Waals surface area contributed by atoms with Crippen LogP contribution in [0.4, 0.5) is 0 Å². The standard InChI is InChI=1S/C37H36N4O10/c1-46-28-14-10-26(11-15-28)36(44)50-30-18-8-24(20-32(30)48-3)22-38-40-34(42)6-5-7-35(43)41-39-23-25-9-19-31(33(21-25)49-4)51-37(45)27-12-16-29(47-2)17-13-27/h8-23H,5-7H2,1-4H3,(H,40,42)(H,41,43)/b38-22-,39-23-. The summed E-state index contributed by atoms with van der Waals surface area (Å²) in [5.74, 6) is 0.329. The third kappa shape index (κ3) is 11.2. The van der Waals surface area contributed by atoms with Gasteiger partial charge in [-0.1, -0.05) is 0 Å². The molecule has 0 saturated carbocycles. The van der Waals surface area contributed by atoms with Crippen molar-refractivity contribution in [2.45, 2.75) is 19.3 Å². The molecule has 2 amide bonds. The number of nitrogens with zero attached hydrogens (tertiary/aromatic N) is 2. The predicted octanol–water partition coefficient (Wildman–Crippen LogP) is 4.93. The van der Waals surface area contributed by atoms with Crippen LogP contribution in [0.25, 0.3) is 0 Å². The Morgan fingerprint density at radius 2 is 0.922 bits per heavy atom. The highest BCUT2D eigenvalue weighted by atomic mass is 16.6. The van der Waals surface area contributed by atoms with Crippen molar-refractivity contribution in [3.63, 3.8) is 0 Å². The van der Waals surface area contributed by atoms with Crippen LogP contribution in [0.15, 0.2) is 95.1 Å². The molecule has 0 fully saturated rings. The second-order valence-electron chi connectivity index (χ2n) is 10.5. The summed E-state index contributed by atoms with van der Waals surface area (Å²) in [5.41, 5.74) is 6.66. The molecule has 0 spiro atoms. The van der Waals surface area contributed by atoms with Gasteiger partial charge in [0.25, 0.3) is 0 Å². The van der Waals surface area contributed by atoms with Gasteiger partial charge in [-0.25, -0.2) is 20.4 Å². The van der Waals surface area contributed by atoms with Crippen molar-refractivity contribution in [1.82, 2.24) is 10.9 Å². The van der Waals surface area contributed by atoms with Crippen LogP contribution in [-0.2, 0) is 9.59 Å². The van der Waals surface area contributed by atoms with Gasteiger partial charge in [-0.3, -0.25) is 9.59 Å².